The van der Waals surface area contributed by atoms with Crippen molar-refractivity contribution in [2.45, 2.75) is 19.9 Å². The van der Waals surface area contributed by atoms with Crippen LogP contribution >= 0.6 is 0 Å². The Labute approximate surface area is 155 Å². The topological polar surface area (TPSA) is 55.2 Å². The fourth-order valence-electron chi connectivity index (χ4n) is 3.38. The summed E-state index contributed by atoms with van der Waals surface area (Å²) >= 11 is 0. The standard InChI is InChI=1S/C21H18FN3O2/c1-14-12-19(26)20(23-25(14)18-9-5-4-8-17(18)22)21(27)24-11-10-15-6-2-3-7-16(15)13-24/h2-9,12H,10-11,13H2,1H3. The Morgan fingerprint density at radius 2 is 1.78 bits per heavy atom. The predicted molar refractivity (Wildman–Crippen MR) is 99.4 cm³/mol. The summed E-state index contributed by atoms with van der Waals surface area (Å²) in [6, 6.07) is 15.4. The molecule has 0 aliphatic carbocycles. The van der Waals surface area contributed by atoms with Gasteiger partial charge in [0.15, 0.2) is 5.69 Å². The Hall–Kier alpha value is -3.28. The first kappa shape index (κ1) is 17.1. The summed E-state index contributed by atoms with van der Waals surface area (Å²) in [5.41, 5.74) is 2.30. The molecule has 0 N–H and O–H groups in total. The largest absolute Gasteiger partial charge is 0.332 e. The Balaban J connectivity index is 1.72. The molecule has 0 atom stereocenters. The number of rotatable bonds is 2. The number of para-hydroxylation sites is 1. The van der Waals surface area contributed by atoms with E-state index in [0.717, 1.165) is 12.0 Å². The number of halogens is 1. The van der Waals surface area contributed by atoms with Gasteiger partial charge in [0.2, 0.25) is 5.43 Å². The van der Waals surface area contributed by atoms with Gasteiger partial charge in [0.05, 0.1) is 0 Å². The number of fused-ring (bicyclic) bond motifs is 1. The summed E-state index contributed by atoms with van der Waals surface area (Å²) < 4.78 is 15.5. The number of amides is 1. The van der Waals surface area contributed by atoms with Gasteiger partial charge in [0.1, 0.15) is 11.5 Å². The second-order valence-electron chi connectivity index (χ2n) is 6.61. The second kappa shape index (κ2) is 6.79. The zero-order valence-electron chi connectivity index (χ0n) is 14.9. The maximum atomic E-state index is 14.2. The first-order valence-corrected chi connectivity index (χ1v) is 8.76. The van der Waals surface area contributed by atoms with E-state index in [9.17, 15) is 14.0 Å². The lowest BCUT2D eigenvalue weighted by Gasteiger charge is -2.28. The van der Waals surface area contributed by atoms with Crippen LogP contribution in [0.5, 0.6) is 0 Å². The number of nitrogens with zero attached hydrogens (tertiary/aromatic N) is 3. The van der Waals surface area contributed by atoms with E-state index in [1.807, 2.05) is 24.3 Å². The van der Waals surface area contributed by atoms with Crippen LogP contribution in [0.2, 0.25) is 0 Å². The fraction of sp³-hybridized carbons (Fsp3) is 0.190. The number of carbonyl (C=O) groups is 1. The predicted octanol–water partition coefficient (Wildman–Crippen LogP) is 2.88. The van der Waals surface area contributed by atoms with Gasteiger partial charge in [-0.1, -0.05) is 36.4 Å². The van der Waals surface area contributed by atoms with E-state index in [1.54, 1.807) is 30.0 Å². The molecular formula is C21H18FN3O2. The number of aromatic nitrogens is 2. The molecule has 27 heavy (non-hydrogen) atoms. The molecule has 0 bridgehead atoms. The van der Waals surface area contributed by atoms with Gasteiger partial charge >= 0.3 is 0 Å². The highest BCUT2D eigenvalue weighted by Crippen LogP contribution is 2.20. The van der Waals surface area contributed by atoms with Gasteiger partial charge in [-0.2, -0.15) is 5.10 Å². The number of benzene rings is 2. The highest BCUT2D eigenvalue weighted by atomic mass is 19.1. The maximum Gasteiger partial charge on any atom is 0.278 e. The molecule has 1 aromatic heterocycles. The van der Waals surface area contributed by atoms with E-state index in [4.69, 9.17) is 0 Å². The summed E-state index contributed by atoms with van der Waals surface area (Å²) in [5.74, 6) is -0.901. The first-order valence-electron chi connectivity index (χ1n) is 8.76. The van der Waals surface area contributed by atoms with Gasteiger partial charge in [-0.3, -0.25) is 9.59 Å². The molecule has 6 heteroatoms. The molecule has 1 aliphatic rings. The molecule has 136 valence electrons. The summed E-state index contributed by atoms with van der Waals surface area (Å²) in [7, 11) is 0. The van der Waals surface area contributed by atoms with E-state index in [-0.39, 0.29) is 11.4 Å². The number of hydrogen-bond donors (Lipinski definition) is 0. The third kappa shape index (κ3) is 3.14. The highest BCUT2D eigenvalue weighted by Gasteiger charge is 2.25. The molecule has 0 saturated carbocycles. The summed E-state index contributed by atoms with van der Waals surface area (Å²) in [4.78, 5) is 27.0. The van der Waals surface area contributed by atoms with Crippen LogP contribution < -0.4 is 5.43 Å². The third-order valence-corrected chi connectivity index (χ3v) is 4.81. The second-order valence-corrected chi connectivity index (χ2v) is 6.61. The van der Waals surface area contributed by atoms with Gasteiger partial charge in [-0.05, 0) is 36.6 Å². The van der Waals surface area contributed by atoms with Crippen LogP contribution in [0.4, 0.5) is 4.39 Å². The van der Waals surface area contributed by atoms with Crippen LogP contribution in [0.3, 0.4) is 0 Å². The molecule has 0 spiro atoms. The van der Waals surface area contributed by atoms with Crippen LogP contribution in [0.25, 0.3) is 5.69 Å². The lowest BCUT2D eigenvalue weighted by atomic mass is 10.00. The summed E-state index contributed by atoms with van der Waals surface area (Å²) in [6.45, 7) is 2.61. The average Bonchev–Trinajstić information content (AvgIpc) is 2.68. The lowest BCUT2D eigenvalue weighted by molar-refractivity contribution is 0.0725. The van der Waals surface area contributed by atoms with Gasteiger partial charge in [0.25, 0.3) is 5.91 Å². The Morgan fingerprint density at radius 1 is 1.07 bits per heavy atom. The van der Waals surface area contributed by atoms with Gasteiger partial charge < -0.3 is 4.90 Å². The molecule has 0 unspecified atom stereocenters. The molecule has 1 amide bonds. The van der Waals surface area contributed by atoms with Crippen LogP contribution in [-0.2, 0) is 13.0 Å². The number of carbonyl (C=O) groups excluding carboxylic acids is 1. The van der Waals surface area contributed by atoms with Gasteiger partial charge in [-0.25, -0.2) is 9.07 Å². The monoisotopic (exact) mass is 363 g/mol. The molecule has 0 fully saturated rings. The van der Waals surface area contributed by atoms with Crippen LogP contribution in [-0.4, -0.2) is 27.1 Å². The van der Waals surface area contributed by atoms with Crippen molar-refractivity contribution in [2.24, 2.45) is 0 Å². The van der Waals surface area contributed by atoms with Crippen molar-refractivity contribution in [3.63, 3.8) is 0 Å². The third-order valence-electron chi connectivity index (χ3n) is 4.81. The van der Waals surface area contributed by atoms with E-state index in [0.29, 0.717) is 18.8 Å². The van der Waals surface area contributed by atoms with Crippen LogP contribution in [0.1, 0.15) is 27.3 Å². The molecule has 0 saturated heterocycles. The number of hydrogen-bond acceptors (Lipinski definition) is 3. The van der Waals surface area contributed by atoms with Gasteiger partial charge in [0, 0.05) is 24.8 Å². The van der Waals surface area contributed by atoms with Crippen molar-refractivity contribution in [1.29, 1.82) is 0 Å². The Bertz CT molecular complexity index is 1090. The molecule has 2 heterocycles. The van der Waals surface area contributed by atoms with E-state index in [2.05, 4.69) is 5.10 Å². The lowest BCUT2D eigenvalue weighted by Crippen LogP contribution is -2.39. The van der Waals surface area contributed by atoms with Crippen LogP contribution in [0, 0.1) is 12.7 Å². The normalized spacial score (nSPS) is 13.3. The molecule has 1 aliphatic heterocycles. The maximum absolute atomic E-state index is 14.2. The Morgan fingerprint density at radius 3 is 2.56 bits per heavy atom. The quantitative estimate of drug-likeness (QED) is 0.704. The molecule has 5 nitrogen and oxygen atoms in total. The Kier molecular flexibility index (Phi) is 4.32. The van der Waals surface area contributed by atoms with Crippen LogP contribution in [0.15, 0.2) is 59.4 Å². The molecule has 2 aromatic carbocycles. The fourth-order valence-corrected chi connectivity index (χ4v) is 3.38. The van der Waals surface area contributed by atoms with E-state index in [1.165, 1.54) is 22.4 Å². The molecule has 3 aromatic rings. The highest BCUT2D eigenvalue weighted by molar-refractivity contribution is 5.92. The van der Waals surface area contributed by atoms with Crippen molar-refractivity contribution < 1.29 is 9.18 Å². The molecule has 0 radical (unpaired) electrons. The minimum Gasteiger partial charge on any atom is -0.332 e. The minimum atomic E-state index is -0.470. The van der Waals surface area contributed by atoms with Crippen molar-refractivity contribution in [2.75, 3.05) is 6.54 Å². The average molecular weight is 363 g/mol. The van der Waals surface area contributed by atoms with E-state index >= 15 is 0 Å². The smallest absolute Gasteiger partial charge is 0.278 e. The number of aryl methyl sites for hydroxylation is 1. The van der Waals surface area contributed by atoms with Crippen molar-refractivity contribution in [3.05, 3.63) is 93.2 Å². The zero-order chi connectivity index (χ0) is 19.0. The van der Waals surface area contributed by atoms with Crippen molar-refractivity contribution in [1.82, 2.24) is 14.7 Å². The zero-order valence-corrected chi connectivity index (χ0v) is 14.9. The van der Waals surface area contributed by atoms with Gasteiger partial charge in [-0.15, -0.1) is 0 Å². The van der Waals surface area contributed by atoms with Crippen molar-refractivity contribution in [3.8, 4) is 5.69 Å². The molecular weight excluding hydrogens is 345 g/mol. The SMILES string of the molecule is Cc1cc(=O)c(C(=O)N2CCc3ccccc3C2)nn1-c1ccccc1F. The van der Waals surface area contributed by atoms with Crippen molar-refractivity contribution >= 4 is 5.91 Å². The minimum absolute atomic E-state index is 0.191. The summed E-state index contributed by atoms with van der Waals surface area (Å²) in [5, 5.41) is 4.21. The first-order chi connectivity index (χ1) is 13.0. The van der Waals surface area contributed by atoms with E-state index < -0.39 is 17.2 Å². The summed E-state index contributed by atoms with van der Waals surface area (Å²) in [6.07, 6.45) is 0.731. The molecule has 4 rings (SSSR count).